The number of aliphatic hydroxyl groups excluding tert-OH is 1. The number of nitrogens with one attached hydrogen (secondary N) is 2. The number of amides is 1. The van der Waals surface area contributed by atoms with Gasteiger partial charge < -0.3 is 20.6 Å². The van der Waals surface area contributed by atoms with Gasteiger partial charge in [0.1, 0.15) is 0 Å². The van der Waals surface area contributed by atoms with Crippen molar-refractivity contribution in [2.75, 3.05) is 27.2 Å². The van der Waals surface area contributed by atoms with E-state index in [0.717, 1.165) is 12.0 Å². The van der Waals surface area contributed by atoms with Gasteiger partial charge in [0.25, 0.3) is 0 Å². The predicted octanol–water partition coefficient (Wildman–Crippen LogP) is 1.78. The van der Waals surface area contributed by atoms with Crippen LogP contribution >= 0.6 is 35.6 Å². The van der Waals surface area contributed by atoms with Crippen LogP contribution in [0.15, 0.2) is 29.3 Å². The molecule has 2 atom stereocenters. The highest BCUT2D eigenvalue weighted by Crippen LogP contribution is 2.15. The second-order valence-corrected chi connectivity index (χ2v) is 6.11. The van der Waals surface area contributed by atoms with Crippen molar-refractivity contribution in [2.45, 2.75) is 25.0 Å². The molecule has 1 aromatic carbocycles. The number of rotatable bonds is 4. The largest absolute Gasteiger partial charge is 0.387 e. The van der Waals surface area contributed by atoms with Gasteiger partial charge in [0.2, 0.25) is 5.91 Å². The van der Waals surface area contributed by atoms with Gasteiger partial charge in [0.15, 0.2) is 5.96 Å². The third-order valence-corrected chi connectivity index (χ3v) is 4.16. The third-order valence-electron chi connectivity index (χ3n) is 3.91. The molecule has 1 heterocycles. The Morgan fingerprint density at radius 3 is 2.71 bits per heavy atom. The fourth-order valence-electron chi connectivity index (χ4n) is 2.51. The summed E-state index contributed by atoms with van der Waals surface area (Å²) in [6, 6.07) is 7.26. The van der Waals surface area contributed by atoms with Crippen LogP contribution in [0.2, 0.25) is 5.02 Å². The summed E-state index contributed by atoms with van der Waals surface area (Å²) < 4.78 is 0. The Kier molecular flexibility index (Phi) is 8.79. The topological polar surface area (TPSA) is 77.0 Å². The van der Waals surface area contributed by atoms with Crippen LogP contribution < -0.4 is 10.6 Å². The molecule has 0 aromatic heterocycles. The van der Waals surface area contributed by atoms with Gasteiger partial charge in [-0.15, -0.1) is 24.0 Å². The van der Waals surface area contributed by atoms with Crippen LogP contribution in [0.5, 0.6) is 0 Å². The molecule has 2 rings (SSSR count). The SMILES string of the molecule is CN=C(NCC(O)c1ccc(Cl)cc1)NC1CCC(=O)N(C)C1.I. The number of likely N-dealkylation sites (tertiary alicyclic amines) is 1. The lowest BCUT2D eigenvalue weighted by molar-refractivity contribution is -0.132. The fourth-order valence-corrected chi connectivity index (χ4v) is 2.64. The van der Waals surface area contributed by atoms with Crippen molar-refractivity contribution in [1.29, 1.82) is 0 Å². The Balaban J connectivity index is 0.00000288. The second-order valence-electron chi connectivity index (χ2n) is 5.67. The van der Waals surface area contributed by atoms with Gasteiger partial charge in [-0.3, -0.25) is 9.79 Å². The summed E-state index contributed by atoms with van der Waals surface area (Å²) >= 11 is 5.84. The van der Waals surface area contributed by atoms with Crippen LogP contribution in [0.4, 0.5) is 0 Å². The highest BCUT2D eigenvalue weighted by atomic mass is 127. The monoisotopic (exact) mass is 466 g/mol. The summed E-state index contributed by atoms with van der Waals surface area (Å²) in [5, 5.41) is 17.2. The number of piperidine rings is 1. The minimum Gasteiger partial charge on any atom is -0.387 e. The number of likely N-dealkylation sites (N-methyl/N-ethyl adjacent to an activating group) is 1. The van der Waals surface area contributed by atoms with Gasteiger partial charge in [0.05, 0.1) is 6.10 Å². The minimum absolute atomic E-state index is 0. The number of aliphatic hydroxyl groups is 1. The number of halogens is 2. The van der Waals surface area contributed by atoms with E-state index in [1.807, 2.05) is 0 Å². The number of benzene rings is 1. The summed E-state index contributed by atoms with van der Waals surface area (Å²) in [6.07, 6.45) is 0.670. The molecule has 1 aliphatic heterocycles. The van der Waals surface area contributed by atoms with E-state index in [2.05, 4.69) is 15.6 Å². The van der Waals surface area contributed by atoms with Gasteiger partial charge in [-0.1, -0.05) is 23.7 Å². The van der Waals surface area contributed by atoms with Gasteiger partial charge in [-0.2, -0.15) is 0 Å². The molecule has 8 heteroatoms. The highest BCUT2D eigenvalue weighted by Gasteiger charge is 2.23. The average molecular weight is 467 g/mol. The van der Waals surface area contributed by atoms with Crippen molar-refractivity contribution in [3.63, 3.8) is 0 Å². The maximum Gasteiger partial charge on any atom is 0.222 e. The lowest BCUT2D eigenvalue weighted by Gasteiger charge is -2.31. The molecular formula is C16H24ClIN4O2. The van der Waals surface area contributed by atoms with E-state index < -0.39 is 6.10 Å². The van der Waals surface area contributed by atoms with E-state index in [0.29, 0.717) is 30.5 Å². The summed E-state index contributed by atoms with van der Waals surface area (Å²) in [6.45, 7) is 0.988. The van der Waals surface area contributed by atoms with Crippen LogP contribution in [0, 0.1) is 0 Å². The molecule has 1 aromatic rings. The first-order valence-electron chi connectivity index (χ1n) is 7.64. The van der Waals surface area contributed by atoms with Crippen molar-refractivity contribution in [3.05, 3.63) is 34.9 Å². The molecule has 1 amide bonds. The number of nitrogens with zero attached hydrogens (tertiary/aromatic N) is 2. The summed E-state index contributed by atoms with van der Waals surface area (Å²) in [5.74, 6) is 0.787. The van der Waals surface area contributed by atoms with E-state index in [1.165, 1.54) is 0 Å². The first-order chi connectivity index (χ1) is 11.0. The lowest BCUT2D eigenvalue weighted by atomic mass is 10.1. The van der Waals surface area contributed by atoms with Gasteiger partial charge in [-0.05, 0) is 24.1 Å². The number of hydrogen-bond donors (Lipinski definition) is 3. The standard InChI is InChI=1S/C16H23ClN4O2.HI/c1-18-16(20-13-7-8-15(23)21(2)10-13)19-9-14(22)11-3-5-12(17)6-4-11;/h3-6,13-14,22H,7-10H2,1-2H3,(H2,18,19,20);1H. The second kappa shape index (κ2) is 10.0. The maximum absolute atomic E-state index is 11.5. The Morgan fingerprint density at radius 2 is 2.12 bits per heavy atom. The Labute approximate surface area is 164 Å². The van der Waals surface area contributed by atoms with E-state index in [4.69, 9.17) is 11.6 Å². The average Bonchev–Trinajstić information content (AvgIpc) is 2.55. The molecule has 1 saturated heterocycles. The highest BCUT2D eigenvalue weighted by molar-refractivity contribution is 14.0. The molecule has 24 heavy (non-hydrogen) atoms. The van der Waals surface area contributed by atoms with Crippen molar-refractivity contribution in [2.24, 2.45) is 4.99 Å². The molecular weight excluding hydrogens is 443 g/mol. The zero-order valence-corrected chi connectivity index (χ0v) is 16.9. The molecule has 0 aliphatic carbocycles. The van der Waals surface area contributed by atoms with Gasteiger partial charge in [-0.25, -0.2) is 0 Å². The van der Waals surface area contributed by atoms with Gasteiger partial charge >= 0.3 is 0 Å². The number of aliphatic imine (C=N–C) groups is 1. The lowest BCUT2D eigenvalue weighted by Crippen LogP contribution is -2.52. The molecule has 0 spiro atoms. The van der Waals surface area contributed by atoms with E-state index >= 15 is 0 Å². The summed E-state index contributed by atoms with van der Waals surface area (Å²) in [4.78, 5) is 17.4. The molecule has 0 saturated carbocycles. The summed E-state index contributed by atoms with van der Waals surface area (Å²) in [7, 11) is 3.48. The molecule has 1 fully saturated rings. The predicted molar refractivity (Wildman–Crippen MR) is 107 cm³/mol. The molecule has 2 unspecified atom stereocenters. The molecule has 1 aliphatic rings. The van der Waals surface area contributed by atoms with E-state index in [9.17, 15) is 9.90 Å². The van der Waals surface area contributed by atoms with Gasteiger partial charge in [0, 0.05) is 44.7 Å². The summed E-state index contributed by atoms with van der Waals surface area (Å²) in [5.41, 5.74) is 0.792. The number of carbonyl (C=O) groups is 1. The number of hydrogen-bond acceptors (Lipinski definition) is 3. The van der Waals surface area contributed by atoms with Crippen molar-refractivity contribution in [3.8, 4) is 0 Å². The third kappa shape index (κ3) is 6.10. The van der Waals surface area contributed by atoms with E-state index in [-0.39, 0.29) is 35.9 Å². The first-order valence-corrected chi connectivity index (χ1v) is 8.02. The van der Waals surface area contributed by atoms with Crippen LogP contribution in [0.25, 0.3) is 0 Å². The van der Waals surface area contributed by atoms with Crippen LogP contribution in [0.1, 0.15) is 24.5 Å². The number of guanidine groups is 1. The normalized spacial score (nSPS) is 19.5. The van der Waals surface area contributed by atoms with Crippen LogP contribution in [0.3, 0.4) is 0 Å². The van der Waals surface area contributed by atoms with Crippen LogP contribution in [-0.2, 0) is 4.79 Å². The number of carbonyl (C=O) groups excluding carboxylic acids is 1. The Morgan fingerprint density at radius 1 is 1.46 bits per heavy atom. The first kappa shape index (κ1) is 21.0. The van der Waals surface area contributed by atoms with Crippen molar-refractivity contribution >= 4 is 47.4 Å². The Hall–Kier alpha value is -1.06. The zero-order valence-electron chi connectivity index (χ0n) is 13.8. The maximum atomic E-state index is 11.5. The zero-order chi connectivity index (χ0) is 16.8. The van der Waals surface area contributed by atoms with Crippen molar-refractivity contribution in [1.82, 2.24) is 15.5 Å². The molecule has 0 bridgehead atoms. The van der Waals surface area contributed by atoms with E-state index in [1.54, 1.807) is 43.3 Å². The minimum atomic E-state index is -0.651. The Bertz CT molecular complexity index is 568. The fraction of sp³-hybridized carbons (Fsp3) is 0.500. The quantitative estimate of drug-likeness (QED) is 0.359. The molecule has 6 nitrogen and oxygen atoms in total. The molecule has 134 valence electrons. The molecule has 3 N–H and O–H groups in total. The van der Waals surface area contributed by atoms with Crippen LogP contribution in [-0.4, -0.2) is 55.1 Å². The smallest absolute Gasteiger partial charge is 0.222 e. The molecule has 0 radical (unpaired) electrons. The van der Waals surface area contributed by atoms with Crippen molar-refractivity contribution < 1.29 is 9.90 Å².